The topological polar surface area (TPSA) is 52.7 Å². The van der Waals surface area contributed by atoms with Gasteiger partial charge >= 0.3 is 12.2 Å². The predicted molar refractivity (Wildman–Crippen MR) is 104 cm³/mol. The van der Waals surface area contributed by atoms with E-state index in [0.717, 1.165) is 17.7 Å². The molecule has 1 N–H and O–H groups in total. The Labute approximate surface area is 166 Å². The fraction of sp³-hybridized carbons (Fsp3) is 0.238. The summed E-state index contributed by atoms with van der Waals surface area (Å²) in [5, 5.41) is 2.49. The van der Waals surface area contributed by atoms with Crippen LogP contribution in [0.15, 0.2) is 55.1 Å². The van der Waals surface area contributed by atoms with Crippen LogP contribution in [0.25, 0.3) is 6.08 Å². The van der Waals surface area contributed by atoms with Crippen LogP contribution in [0.2, 0.25) is 0 Å². The van der Waals surface area contributed by atoms with Crippen LogP contribution in [0.5, 0.6) is 0 Å². The zero-order valence-electron chi connectivity index (χ0n) is 15.6. The average molecular weight is 403 g/mol. The average Bonchev–Trinajstić information content (AvgIpc) is 2.73. The molecule has 5 nitrogen and oxygen atoms in total. The number of benzene rings is 2. The van der Waals surface area contributed by atoms with Gasteiger partial charge in [-0.05, 0) is 35.9 Å². The SMILES string of the molecule is C=Cc1ccc(C(=O)N2CCN(C(=O)Nc3cccc(C(F)(F)F)c3)CC2)cc1. The summed E-state index contributed by atoms with van der Waals surface area (Å²) >= 11 is 0. The summed E-state index contributed by atoms with van der Waals surface area (Å²) in [6.07, 6.45) is -2.79. The lowest BCUT2D eigenvalue weighted by atomic mass is 10.1. The van der Waals surface area contributed by atoms with Crippen molar-refractivity contribution in [2.45, 2.75) is 6.18 Å². The van der Waals surface area contributed by atoms with E-state index < -0.39 is 17.8 Å². The van der Waals surface area contributed by atoms with Crippen LogP contribution < -0.4 is 5.32 Å². The Bertz CT molecular complexity index is 902. The number of hydrogen-bond donors (Lipinski definition) is 1. The highest BCUT2D eigenvalue weighted by Gasteiger charge is 2.31. The van der Waals surface area contributed by atoms with Crippen molar-refractivity contribution in [3.8, 4) is 0 Å². The van der Waals surface area contributed by atoms with Crippen LogP contribution in [0.1, 0.15) is 21.5 Å². The number of nitrogens with one attached hydrogen (secondary N) is 1. The number of urea groups is 1. The minimum absolute atomic E-state index is 0.0747. The lowest BCUT2D eigenvalue weighted by molar-refractivity contribution is -0.137. The molecule has 0 atom stereocenters. The van der Waals surface area contributed by atoms with Crippen molar-refractivity contribution < 1.29 is 22.8 Å². The number of amides is 3. The van der Waals surface area contributed by atoms with Gasteiger partial charge in [-0.2, -0.15) is 13.2 Å². The third-order valence-corrected chi connectivity index (χ3v) is 4.69. The van der Waals surface area contributed by atoms with Crippen LogP contribution in [-0.2, 0) is 6.18 Å². The molecular weight excluding hydrogens is 383 g/mol. The molecule has 8 heteroatoms. The Morgan fingerprint density at radius 3 is 2.17 bits per heavy atom. The molecule has 0 spiro atoms. The van der Waals surface area contributed by atoms with E-state index in [1.54, 1.807) is 35.2 Å². The lowest BCUT2D eigenvalue weighted by Gasteiger charge is -2.34. The summed E-state index contributed by atoms with van der Waals surface area (Å²) in [4.78, 5) is 28.1. The highest BCUT2D eigenvalue weighted by Crippen LogP contribution is 2.30. The first-order valence-electron chi connectivity index (χ1n) is 9.03. The number of anilines is 1. The Morgan fingerprint density at radius 1 is 0.966 bits per heavy atom. The van der Waals surface area contributed by atoms with Crippen molar-refractivity contribution in [3.05, 3.63) is 71.8 Å². The molecule has 3 amide bonds. The minimum Gasteiger partial charge on any atom is -0.335 e. The molecule has 1 aliphatic rings. The second-order valence-electron chi connectivity index (χ2n) is 6.61. The molecule has 1 saturated heterocycles. The highest BCUT2D eigenvalue weighted by atomic mass is 19.4. The monoisotopic (exact) mass is 403 g/mol. The quantitative estimate of drug-likeness (QED) is 0.829. The third-order valence-electron chi connectivity index (χ3n) is 4.69. The number of piperazine rings is 1. The zero-order chi connectivity index (χ0) is 21.0. The molecule has 0 bridgehead atoms. The van der Waals surface area contributed by atoms with Crippen LogP contribution >= 0.6 is 0 Å². The van der Waals surface area contributed by atoms with Crippen molar-refractivity contribution in [2.24, 2.45) is 0 Å². The van der Waals surface area contributed by atoms with E-state index in [-0.39, 0.29) is 11.6 Å². The maximum absolute atomic E-state index is 12.8. The van der Waals surface area contributed by atoms with Crippen molar-refractivity contribution in [1.29, 1.82) is 0 Å². The molecule has 152 valence electrons. The summed E-state index contributed by atoms with van der Waals surface area (Å²) < 4.78 is 38.4. The van der Waals surface area contributed by atoms with Crippen molar-refractivity contribution in [1.82, 2.24) is 9.80 Å². The van der Waals surface area contributed by atoms with Gasteiger partial charge in [0.2, 0.25) is 0 Å². The van der Waals surface area contributed by atoms with Gasteiger partial charge in [-0.1, -0.05) is 30.9 Å². The maximum atomic E-state index is 12.8. The number of halogens is 3. The molecule has 29 heavy (non-hydrogen) atoms. The standard InChI is InChI=1S/C21H20F3N3O2/c1-2-15-6-8-16(9-7-15)19(28)26-10-12-27(13-11-26)20(29)25-18-5-3-4-17(14-18)21(22,23)24/h2-9,14H,1,10-13H2,(H,25,29). The Hall–Kier alpha value is -3.29. The van der Waals surface area contributed by atoms with Gasteiger partial charge in [0.15, 0.2) is 0 Å². The van der Waals surface area contributed by atoms with Gasteiger partial charge in [0, 0.05) is 37.4 Å². The number of alkyl halides is 3. The van der Waals surface area contributed by atoms with E-state index in [0.29, 0.717) is 31.7 Å². The predicted octanol–water partition coefficient (Wildman–Crippen LogP) is 4.34. The summed E-state index contributed by atoms with van der Waals surface area (Å²) in [6, 6.07) is 11.1. The molecule has 0 aliphatic carbocycles. The summed E-state index contributed by atoms with van der Waals surface area (Å²) in [5.41, 5.74) is 0.717. The molecule has 0 unspecified atom stereocenters. The number of carbonyl (C=O) groups excluding carboxylic acids is 2. The van der Waals surface area contributed by atoms with Gasteiger partial charge in [0.1, 0.15) is 0 Å². The summed E-state index contributed by atoms with van der Waals surface area (Å²) in [5.74, 6) is -0.126. The van der Waals surface area contributed by atoms with E-state index in [9.17, 15) is 22.8 Å². The van der Waals surface area contributed by atoms with E-state index in [4.69, 9.17) is 0 Å². The molecule has 2 aromatic carbocycles. The van der Waals surface area contributed by atoms with Gasteiger partial charge < -0.3 is 15.1 Å². The lowest BCUT2D eigenvalue weighted by Crippen LogP contribution is -2.51. The molecular formula is C21H20F3N3O2. The minimum atomic E-state index is -4.48. The summed E-state index contributed by atoms with van der Waals surface area (Å²) in [7, 11) is 0. The third kappa shape index (κ3) is 4.96. The van der Waals surface area contributed by atoms with Crippen LogP contribution in [0, 0.1) is 0 Å². The van der Waals surface area contributed by atoms with Crippen molar-refractivity contribution in [3.63, 3.8) is 0 Å². The molecule has 0 saturated carbocycles. The second kappa shape index (κ2) is 8.38. The van der Waals surface area contributed by atoms with Crippen LogP contribution in [-0.4, -0.2) is 47.9 Å². The Kier molecular flexibility index (Phi) is 5.91. The zero-order valence-corrected chi connectivity index (χ0v) is 15.6. The molecule has 2 aromatic rings. The molecule has 1 aliphatic heterocycles. The van der Waals surface area contributed by atoms with Gasteiger partial charge in [0.25, 0.3) is 5.91 Å². The molecule has 1 fully saturated rings. The molecule has 0 aromatic heterocycles. The normalized spacial score (nSPS) is 14.4. The first-order valence-corrected chi connectivity index (χ1v) is 9.03. The largest absolute Gasteiger partial charge is 0.416 e. The van der Waals surface area contributed by atoms with Crippen LogP contribution in [0.3, 0.4) is 0 Å². The smallest absolute Gasteiger partial charge is 0.335 e. The van der Waals surface area contributed by atoms with E-state index >= 15 is 0 Å². The van der Waals surface area contributed by atoms with E-state index in [1.165, 1.54) is 17.0 Å². The Morgan fingerprint density at radius 2 is 1.59 bits per heavy atom. The number of nitrogens with zero attached hydrogens (tertiary/aromatic N) is 2. The first-order chi connectivity index (χ1) is 13.8. The summed E-state index contributed by atoms with van der Waals surface area (Å²) in [6.45, 7) is 4.95. The highest BCUT2D eigenvalue weighted by molar-refractivity contribution is 5.95. The number of hydrogen-bond acceptors (Lipinski definition) is 2. The fourth-order valence-corrected chi connectivity index (χ4v) is 3.03. The van der Waals surface area contributed by atoms with Gasteiger partial charge in [-0.25, -0.2) is 4.79 Å². The van der Waals surface area contributed by atoms with Crippen LogP contribution in [0.4, 0.5) is 23.7 Å². The van der Waals surface area contributed by atoms with Crippen molar-refractivity contribution >= 4 is 23.7 Å². The van der Waals surface area contributed by atoms with Crippen molar-refractivity contribution in [2.75, 3.05) is 31.5 Å². The molecule has 0 radical (unpaired) electrons. The molecule has 1 heterocycles. The van der Waals surface area contributed by atoms with Gasteiger partial charge in [0.05, 0.1) is 5.56 Å². The van der Waals surface area contributed by atoms with E-state index in [1.807, 2.05) is 0 Å². The first kappa shape index (κ1) is 20.4. The van der Waals surface area contributed by atoms with Gasteiger partial charge in [-0.15, -0.1) is 0 Å². The van der Waals surface area contributed by atoms with Gasteiger partial charge in [-0.3, -0.25) is 4.79 Å². The second-order valence-corrected chi connectivity index (χ2v) is 6.61. The number of carbonyl (C=O) groups is 2. The Balaban J connectivity index is 1.56. The maximum Gasteiger partial charge on any atom is 0.416 e. The molecule has 3 rings (SSSR count). The number of rotatable bonds is 3. The fourth-order valence-electron chi connectivity index (χ4n) is 3.03. The van der Waals surface area contributed by atoms with E-state index in [2.05, 4.69) is 11.9 Å².